The predicted molar refractivity (Wildman–Crippen MR) is 121 cm³/mol. The van der Waals surface area contributed by atoms with E-state index in [9.17, 15) is 23.1 Å². The third kappa shape index (κ3) is 4.71. The van der Waals surface area contributed by atoms with Crippen molar-refractivity contribution in [2.45, 2.75) is 38.2 Å². The Kier molecular flexibility index (Phi) is 6.39. The van der Waals surface area contributed by atoms with Gasteiger partial charge in [-0.1, -0.05) is 42.4 Å². The number of carbonyl (C=O) groups excluding carboxylic acids is 1. The summed E-state index contributed by atoms with van der Waals surface area (Å²) in [5, 5.41) is 13.4. The standard InChI is InChI=1S/C23H21ClF3N3O2S/c1-3-21(32)29-10-17(16-8-20(24)33-19(16)12-29)14-6-4-5-7-15(14)18-11-30(9-13(2)31)28-22(18)23(25,26)27/h3-8,11,13,17,31H,1,9-10,12H2,2H3/t13-,17-/m0/s1. The largest absolute Gasteiger partial charge is 0.435 e. The van der Waals surface area contributed by atoms with Crippen LogP contribution in [-0.2, 0) is 24.1 Å². The lowest BCUT2D eigenvalue weighted by atomic mass is 9.84. The van der Waals surface area contributed by atoms with Gasteiger partial charge < -0.3 is 10.0 Å². The molecule has 1 N–H and O–H groups in total. The zero-order valence-electron chi connectivity index (χ0n) is 17.6. The molecule has 1 aliphatic rings. The van der Waals surface area contributed by atoms with Crippen molar-refractivity contribution < 1.29 is 23.1 Å². The Morgan fingerprint density at radius 2 is 2.09 bits per heavy atom. The molecule has 0 aliphatic carbocycles. The van der Waals surface area contributed by atoms with Crippen molar-refractivity contribution in [3.05, 3.63) is 75.2 Å². The second-order valence-electron chi connectivity index (χ2n) is 7.95. The molecule has 1 aromatic carbocycles. The van der Waals surface area contributed by atoms with Crippen molar-refractivity contribution in [3.8, 4) is 11.1 Å². The summed E-state index contributed by atoms with van der Waals surface area (Å²) in [6, 6.07) is 8.64. The van der Waals surface area contributed by atoms with E-state index >= 15 is 0 Å². The number of amides is 1. The Labute approximate surface area is 197 Å². The predicted octanol–water partition coefficient (Wildman–Crippen LogP) is 5.32. The second kappa shape index (κ2) is 8.96. The number of benzene rings is 1. The summed E-state index contributed by atoms with van der Waals surface area (Å²) in [4.78, 5) is 14.9. The lowest BCUT2D eigenvalue weighted by Gasteiger charge is -2.33. The number of rotatable bonds is 5. The van der Waals surface area contributed by atoms with Gasteiger partial charge >= 0.3 is 6.18 Å². The van der Waals surface area contributed by atoms with Crippen molar-refractivity contribution in [3.63, 3.8) is 0 Å². The van der Waals surface area contributed by atoms with Crippen LogP contribution in [0.5, 0.6) is 0 Å². The van der Waals surface area contributed by atoms with Gasteiger partial charge in [0.25, 0.3) is 0 Å². The van der Waals surface area contributed by atoms with Crippen molar-refractivity contribution in [1.82, 2.24) is 14.7 Å². The van der Waals surface area contributed by atoms with Crippen LogP contribution in [0, 0.1) is 0 Å². The van der Waals surface area contributed by atoms with E-state index < -0.39 is 18.0 Å². The number of halogens is 4. The molecular weight excluding hydrogens is 475 g/mol. The van der Waals surface area contributed by atoms with Crippen LogP contribution in [0.3, 0.4) is 0 Å². The molecule has 3 aromatic rings. The summed E-state index contributed by atoms with van der Waals surface area (Å²) < 4.78 is 43.4. The van der Waals surface area contributed by atoms with Gasteiger partial charge in [0, 0.05) is 29.1 Å². The number of aromatic nitrogens is 2. The third-order valence-corrected chi connectivity index (χ3v) is 6.78. The number of fused-ring (bicyclic) bond motifs is 1. The van der Waals surface area contributed by atoms with Crippen LogP contribution in [0.4, 0.5) is 13.2 Å². The lowest BCUT2D eigenvalue weighted by molar-refractivity contribution is -0.141. The highest BCUT2D eigenvalue weighted by molar-refractivity contribution is 7.16. The molecule has 2 aromatic heterocycles. The Morgan fingerprint density at radius 1 is 1.36 bits per heavy atom. The molecule has 0 bridgehead atoms. The van der Waals surface area contributed by atoms with Gasteiger partial charge in [-0.3, -0.25) is 9.48 Å². The first-order valence-corrected chi connectivity index (χ1v) is 11.4. The fourth-order valence-corrected chi connectivity index (χ4v) is 5.54. The normalized spacial score (nSPS) is 17.0. The minimum atomic E-state index is -4.68. The zero-order valence-corrected chi connectivity index (χ0v) is 19.2. The number of aliphatic hydroxyl groups excluding tert-OH is 1. The maximum absolute atomic E-state index is 13.9. The molecule has 174 valence electrons. The molecular formula is C23H21ClF3N3O2S. The number of aliphatic hydroxyl groups is 1. The summed E-state index contributed by atoms with van der Waals surface area (Å²) in [7, 11) is 0. The Bertz CT molecular complexity index is 1200. The molecule has 33 heavy (non-hydrogen) atoms. The van der Waals surface area contributed by atoms with Gasteiger partial charge in [-0.2, -0.15) is 18.3 Å². The van der Waals surface area contributed by atoms with Crippen molar-refractivity contribution in [1.29, 1.82) is 0 Å². The number of carbonyl (C=O) groups is 1. The van der Waals surface area contributed by atoms with E-state index in [0.717, 1.165) is 15.1 Å². The van der Waals surface area contributed by atoms with Crippen molar-refractivity contribution in [2.24, 2.45) is 0 Å². The van der Waals surface area contributed by atoms with Gasteiger partial charge in [-0.05, 0) is 35.8 Å². The molecule has 0 saturated carbocycles. The van der Waals surface area contributed by atoms with Gasteiger partial charge in [-0.25, -0.2) is 0 Å². The van der Waals surface area contributed by atoms with Crippen LogP contribution in [0.1, 0.15) is 34.5 Å². The average Bonchev–Trinajstić information content (AvgIpc) is 3.34. The van der Waals surface area contributed by atoms with Gasteiger partial charge in [0.05, 0.1) is 23.5 Å². The topological polar surface area (TPSA) is 58.4 Å². The van der Waals surface area contributed by atoms with Crippen molar-refractivity contribution in [2.75, 3.05) is 6.54 Å². The van der Waals surface area contributed by atoms with Crippen molar-refractivity contribution >= 4 is 28.8 Å². The Balaban J connectivity index is 1.87. The quantitative estimate of drug-likeness (QED) is 0.487. The molecule has 10 heteroatoms. The zero-order chi connectivity index (χ0) is 23.9. The van der Waals surface area contributed by atoms with E-state index in [1.165, 1.54) is 30.5 Å². The average molecular weight is 496 g/mol. The lowest BCUT2D eigenvalue weighted by Crippen LogP contribution is -2.37. The van der Waals surface area contributed by atoms with Gasteiger partial charge in [-0.15, -0.1) is 11.3 Å². The van der Waals surface area contributed by atoms with E-state index in [-0.39, 0.29) is 30.5 Å². The molecule has 1 aliphatic heterocycles. The molecule has 5 nitrogen and oxygen atoms in total. The SMILES string of the molecule is C=CC(=O)N1Cc2sc(Cl)cc2[C@H](c2ccccc2-c2cn(C[C@H](C)O)nc2C(F)(F)F)C1. The first-order chi connectivity index (χ1) is 15.6. The molecule has 3 heterocycles. The Hall–Kier alpha value is -2.62. The van der Waals surface area contributed by atoms with E-state index in [1.54, 1.807) is 29.2 Å². The molecule has 2 atom stereocenters. The van der Waals surface area contributed by atoms with Gasteiger partial charge in [0.2, 0.25) is 5.91 Å². The number of hydrogen-bond acceptors (Lipinski definition) is 4. The smallest absolute Gasteiger partial charge is 0.391 e. The summed E-state index contributed by atoms with van der Waals surface area (Å²) in [5.41, 5.74) is 0.808. The fraction of sp³-hybridized carbons (Fsp3) is 0.304. The molecule has 4 rings (SSSR count). The highest BCUT2D eigenvalue weighted by Gasteiger charge is 2.39. The summed E-state index contributed by atoms with van der Waals surface area (Å²) in [6.45, 7) is 5.62. The van der Waals surface area contributed by atoms with Crippen LogP contribution >= 0.6 is 22.9 Å². The summed E-state index contributed by atoms with van der Waals surface area (Å²) in [5.74, 6) is -0.632. The first-order valence-electron chi connectivity index (χ1n) is 10.2. The first kappa shape index (κ1) is 23.5. The minimum Gasteiger partial charge on any atom is -0.391 e. The molecule has 0 saturated heterocycles. The highest BCUT2D eigenvalue weighted by Crippen LogP contribution is 2.45. The van der Waals surface area contributed by atoms with Gasteiger partial charge in [0.15, 0.2) is 5.69 Å². The molecule has 1 amide bonds. The third-order valence-electron chi connectivity index (χ3n) is 5.52. The number of hydrogen-bond donors (Lipinski definition) is 1. The van der Waals surface area contributed by atoms with E-state index in [2.05, 4.69) is 11.7 Å². The van der Waals surface area contributed by atoms with E-state index in [1.807, 2.05) is 6.07 Å². The maximum Gasteiger partial charge on any atom is 0.435 e. The van der Waals surface area contributed by atoms with Gasteiger partial charge in [0.1, 0.15) is 0 Å². The molecule has 0 unspecified atom stereocenters. The number of nitrogens with zero attached hydrogens (tertiary/aromatic N) is 3. The highest BCUT2D eigenvalue weighted by atomic mass is 35.5. The van der Waals surface area contributed by atoms with Crippen LogP contribution in [0.15, 0.2) is 49.2 Å². The molecule has 0 radical (unpaired) electrons. The Morgan fingerprint density at radius 3 is 2.76 bits per heavy atom. The number of alkyl halides is 3. The van der Waals surface area contributed by atoms with E-state index in [4.69, 9.17) is 11.6 Å². The van der Waals surface area contributed by atoms with Crippen LogP contribution in [0.2, 0.25) is 4.34 Å². The summed E-state index contributed by atoms with van der Waals surface area (Å²) in [6.07, 6.45) is -3.00. The van der Waals surface area contributed by atoms with Crippen LogP contribution < -0.4 is 0 Å². The monoisotopic (exact) mass is 495 g/mol. The summed E-state index contributed by atoms with van der Waals surface area (Å²) >= 11 is 7.62. The van der Waals surface area contributed by atoms with E-state index in [0.29, 0.717) is 22.0 Å². The second-order valence-corrected chi connectivity index (χ2v) is 9.72. The molecule has 0 spiro atoms. The van der Waals surface area contributed by atoms with Crippen LogP contribution in [0.25, 0.3) is 11.1 Å². The molecule has 0 fully saturated rings. The van der Waals surface area contributed by atoms with Crippen LogP contribution in [-0.4, -0.2) is 38.3 Å². The maximum atomic E-state index is 13.9. The number of thiophene rings is 1. The minimum absolute atomic E-state index is 0.0689. The fourth-order valence-electron chi connectivity index (χ4n) is 4.19.